The van der Waals surface area contributed by atoms with Gasteiger partial charge < -0.3 is 21.2 Å². The van der Waals surface area contributed by atoms with Crippen LogP contribution in [0.1, 0.15) is 12.6 Å². The number of nitrogens with one attached hydrogen (secondary N) is 2. The van der Waals surface area contributed by atoms with E-state index in [1.54, 1.807) is 18.2 Å². The fourth-order valence-electron chi connectivity index (χ4n) is 1.46. The summed E-state index contributed by atoms with van der Waals surface area (Å²) >= 11 is 0. The largest absolute Gasteiger partial charge is 0.351 e. The molecule has 0 unspecified atom stereocenters. The van der Waals surface area contributed by atoms with Crippen molar-refractivity contribution >= 4 is 23.8 Å². The molecule has 3 amide bonds. The molecule has 4 N–H and O–H groups in total. The number of primary amides is 1. The van der Waals surface area contributed by atoms with Gasteiger partial charge in [0.05, 0.1) is 17.8 Å². The van der Waals surface area contributed by atoms with E-state index in [0.717, 1.165) is 0 Å². The number of aromatic nitrogens is 1. The molecule has 19 heavy (non-hydrogen) atoms. The molecule has 0 fully saturated rings. The zero-order valence-electron chi connectivity index (χ0n) is 10.3. The van der Waals surface area contributed by atoms with Crippen LogP contribution in [-0.4, -0.2) is 29.8 Å². The minimum atomic E-state index is -0.783. The Bertz CT molecular complexity index is 511. The summed E-state index contributed by atoms with van der Waals surface area (Å²) in [5.41, 5.74) is 5.80. The number of hydrogen-bond acceptors (Lipinski definition) is 4. The molecule has 1 aromatic heterocycles. The fourth-order valence-corrected chi connectivity index (χ4v) is 1.46. The summed E-state index contributed by atoms with van der Waals surface area (Å²) in [6, 6.07) is 4.23. The van der Waals surface area contributed by atoms with Crippen LogP contribution >= 0.6 is 0 Å². The Morgan fingerprint density at radius 3 is 2.68 bits per heavy atom. The first-order valence-electron chi connectivity index (χ1n) is 5.46. The number of carbonyl (C=O) groups is 3. The van der Waals surface area contributed by atoms with Crippen LogP contribution < -0.4 is 16.4 Å². The molecule has 0 aliphatic heterocycles. The average molecular weight is 262 g/mol. The maximum atomic E-state index is 12.0. The summed E-state index contributed by atoms with van der Waals surface area (Å²) in [5.74, 6) is -0.517. The zero-order valence-corrected chi connectivity index (χ0v) is 10.3. The predicted octanol–water partition coefficient (Wildman–Crippen LogP) is -0.204. The van der Waals surface area contributed by atoms with Gasteiger partial charge in [0.1, 0.15) is 6.29 Å². The van der Waals surface area contributed by atoms with Gasteiger partial charge in [-0.3, -0.25) is 9.78 Å². The first-order chi connectivity index (χ1) is 9.06. The predicted molar refractivity (Wildman–Crippen MR) is 68.6 cm³/mol. The van der Waals surface area contributed by atoms with Gasteiger partial charge in [-0.2, -0.15) is 0 Å². The number of hydrogen-bond donors (Lipinski definition) is 3. The van der Waals surface area contributed by atoms with Crippen molar-refractivity contribution in [3.63, 3.8) is 0 Å². The number of rotatable bonds is 5. The maximum Gasteiger partial charge on any atom is 0.316 e. The van der Waals surface area contributed by atoms with E-state index in [0.29, 0.717) is 12.0 Å². The minimum Gasteiger partial charge on any atom is -0.351 e. The second kappa shape index (κ2) is 6.90. The third-order valence-corrected chi connectivity index (χ3v) is 2.18. The number of nitrogens with two attached hydrogens (primary N) is 1. The summed E-state index contributed by atoms with van der Waals surface area (Å²) in [6.07, 6.45) is 2.07. The van der Waals surface area contributed by atoms with Crippen LogP contribution in [-0.2, 0) is 9.59 Å². The highest BCUT2D eigenvalue weighted by atomic mass is 16.2. The molecule has 0 aromatic carbocycles. The summed E-state index contributed by atoms with van der Waals surface area (Å²) in [5, 5.41) is 4.72. The molecule has 0 aliphatic carbocycles. The number of nitrogens with zero attached hydrogens (tertiary/aromatic N) is 1. The van der Waals surface area contributed by atoms with Crippen molar-refractivity contribution < 1.29 is 14.4 Å². The second-order valence-electron chi connectivity index (χ2n) is 3.58. The lowest BCUT2D eigenvalue weighted by Gasteiger charge is -2.11. The van der Waals surface area contributed by atoms with Gasteiger partial charge in [-0.15, -0.1) is 0 Å². The standard InChI is InChI=1S/C12H14N4O3/c1-8(16-12(13)19)10(11(18)15-6-7-17)9-4-2-3-5-14-9/h2-5,7H,6H2,1H3,(H,15,18)(H3,13,16,19)/b10-8+. The molecular formula is C12H14N4O3. The van der Waals surface area contributed by atoms with Gasteiger partial charge in [0.2, 0.25) is 0 Å². The summed E-state index contributed by atoms with van der Waals surface area (Å²) in [6.45, 7) is 1.40. The molecule has 100 valence electrons. The highest BCUT2D eigenvalue weighted by Crippen LogP contribution is 2.15. The van der Waals surface area contributed by atoms with Crippen molar-refractivity contribution in [3.05, 3.63) is 35.8 Å². The van der Waals surface area contributed by atoms with Crippen LogP contribution in [0.5, 0.6) is 0 Å². The van der Waals surface area contributed by atoms with Gasteiger partial charge in [0.25, 0.3) is 5.91 Å². The molecule has 0 spiro atoms. The van der Waals surface area contributed by atoms with Crippen LogP contribution in [0.3, 0.4) is 0 Å². The molecule has 1 rings (SSSR count). The second-order valence-corrected chi connectivity index (χ2v) is 3.58. The van der Waals surface area contributed by atoms with E-state index in [4.69, 9.17) is 5.73 Å². The lowest BCUT2D eigenvalue weighted by molar-refractivity contribution is -0.117. The molecule has 0 radical (unpaired) electrons. The highest BCUT2D eigenvalue weighted by Gasteiger charge is 2.16. The monoisotopic (exact) mass is 262 g/mol. The van der Waals surface area contributed by atoms with Gasteiger partial charge in [-0.1, -0.05) is 6.07 Å². The molecule has 7 heteroatoms. The Kier molecular flexibility index (Phi) is 5.21. The molecule has 0 bridgehead atoms. The Balaban J connectivity index is 3.14. The number of pyridine rings is 1. The Hall–Kier alpha value is -2.70. The van der Waals surface area contributed by atoms with Gasteiger partial charge in [-0.05, 0) is 19.1 Å². The van der Waals surface area contributed by atoms with Gasteiger partial charge in [-0.25, -0.2) is 4.79 Å². The van der Waals surface area contributed by atoms with Gasteiger partial charge in [0, 0.05) is 11.9 Å². The van der Waals surface area contributed by atoms with Gasteiger partial charge in [0.15, 0.2) is 0 Å². The van der Waals surface area contributed by atoms with Crippen molar-refractivity contribution in [1.29, 1.82) is 0 Å². The lowest BCUT2D eigenvalue weighted by Crippen LogP contribution is -2.32. The normalized spacial score (nSPS) is 11.2. The zero-order chi connectivity index (χ0) is 14.3. The fraction of sp³-hybridized carbons (Fsp3) is 0.167. The molecule has 0 saturated heterocycles. The van der Waals surface area contributed by atoms with E-state index in [2.05, 4.69) is 15.6 Å². The molecule has 1 aromatic rings. The smallest absolute Gasteiger partial charge is 0.316 e. The number of carbonyl (C=O) groups excluding carboxylic acids is 3. The Morgan fingerprint density at radius 2 is 2.16 bits per heavy atom. The number of amides is 3. The van der Waals surface area contributed by atoms with Crippen LogP contribution in [0.25, 0.3) is 5.57 Å². The topological polar surface area (TPSA) is 114 Å². The quantitative estimate of drug-likeness (QED) is 0.503. The van der Waals surface area contributed by atoms with Crippen LogP contribution in [0.4, 0.5) is 4.79 Å². The number of aldehydes is 1. The molecule has 0 aliphatic rings. The van der Waals surface area contributed by atoms with E-state index < -0.39 is 11.9 Å². The first kappa shape index (κ1) is 14.4. The molecular weight excluding hydrogens is 248 g/mol. The SMILES string of the molecule is C/C(NC(N)=O)=C(\C(=O)NCC=O)c1ccccn1. The van der Waals surface area contributed by atoms with Crippen LogP contribution in [0.2, 0.25) is 0 Å². The molecule has 0 atom stereocenters. The average Bonchev–Trinajstić information content (AvgIpc) is 2.37. The molecule has 0 saturated carbocycles. The van der Waals surface area contributed by atoms with E-state index >= 15 is 0 Å². The first-order valence-corrected chi connectivity index (χ1v) is 5.46. The maximum absolute atomic E-state index is 12.0. The highest BCUT2D eigenvalue weighted by molar-refractivity contribution is 6.20. The van der Waals surface area contributed by atoms with Gasteiger partial charge >= 0.3 is 6.03 Å². The van der Waals surface area contributed by atoms with Crippen molar-refractivity contribution in [2.45, 2.75) is 6.92 Å². The van der Waals surface area contributed by atoms with E-state index in [1.165, 1.54) is 13.1 Å². The van der Waals surface area contributed by atoms with Crippen LogP contribution in [0.15, 0.2) is 30.1 Å². The minimum absolute atomic E-state index is 0.126. The Morgan fingerprint density at radius 1 is 1.42 bits per heavy atom. The van der Waals surface area contributed by atoms with Crippen molar-refractivity contribution in [2.75, 3.05) is 6.54 Å². The van der Waals surface area contributed by atoms with Crippen molar-refractivity contribution in [1.82, 2.24) is 15.6 Å². The van der Waals surface area contributed by atoms with Crippen molar-refractivity contribution in [3.8, 4) is 0 Å². The van der Waals surface area contributed by atoms with E-state index in [-0.39, 0.29) is 17.8 Å². The van der Waals surface area contributed by atoms with Crippen LogP contribution in [0, 0.1) is 0 Å². The van der Waals surface area contributed by atoms with E-state index in [1.807, 2.05) is 0 Å². The third-order valence-electron chi connectivity index (χ3n) is 2.18. The molecule has 1 heterocycles. The molecule has 7 nitrogen and oxygen atoms in total. The summed E-state index contributed by atoms with van der Waals surface area (Å²) < 4.78 is 0. The summed E-state index contributed by atoms with van der Waals surface area (Å²) in [7, 11) is 0. The summed E-state index contributed by atoms with van der Waals surface area (Å²) in [4.78, 5) is 37.1. The number of allylic oxidation sites excluding steroid dienone is 1. The Labute approximate surface area is 109 Å². The van der Waals surface area contributed by atoms with E-state index in [9.17, 15) is 14.4 Å². The number of urea groups is 1. The van der Waals surface area contributed by atoms with Crippen molar-refractivity contribution in [2.24, 2.45) is 5.73 Å². The lowest BCUT2D eigenvalue weighted by atomic mass is 10.1. The third kappa shape index (κ3) is 4.23.